The topological polar surface area (TPSA) is 46.6 Å². The lowest BCUT2D eigenvalue weighted by Crippen LogP contribution is -2.39. The van der Waals surface area contributed by atoms with Crippen molar-refractivity contribution >= 4 is 11.9 Å². The van der Waals surface area contributed by atoms with Crippen LogP contribution in [0, 0.1) is 11.8 Å². The Hall–Kier alpha value is -1.06. The standard InChI is InChI=1S/C13H25NO3/c1-6-7-12(15)14(8-10(2)3)9-11(4)13(16)17-5/h10-11H,6-9H2,1-5H3. The van der Waals surface area contributed by atoms with Gasteiger partial charge < -0.3 is 9.64 Å². The van der Waals surface area contributed by atoms with E-state index in [1.165, 1.54) is 7.11 Å². The molecule has 17 heavy (non-hydrogen) atoms. The summed E-state index contributed by atoms with van der Waals surface area (Å²) in [6, 6.07) is 0. The van der Waals surface area contributed by atoms with Crippen LogP contribution in [0.2, 0.25) is 0 Å². The van der Waals surface area contributed by atoms with E-state index in [-0.39, 0.29) is 17.8 Å². The maximum Gasteiger partial charge on any atom is 0.310 e. The molecule has 0 aliphatic heterocycles. The summed E-state index contributed by atoms with van der Waals surface area (Å²) in [7, 11) is 1.37. The van der Waals surface area contributed by atoms with Crippen LogP contribution in [-0.4, -0.2) is 37.0 Å². The Morgan fingerprint density at radius 1 is 1.18 bits per heavy atom. The van der Waals surface area contributed by atoms with E-state index < -0.39 is 0 Å². The minimum atomic E-state index is -0.264. The molecule has 0 aliphatic rings. The molecule has 0 saturated heterocycles. The number of esters is 1. The lowest BCUT2D eigenvalue weighted by atomic mass is 10.1. The molecule has 0 N–H and O–H groups in total. The van der Waals surface area contributed by atoms with Crippen LogP contribution in [-0.2, 0) is 14.3 Å². The first-order valence-electron chi connectivity index (χ1n) is 6.27. The number of rotatable bonds is 7. The van der Waals surface area contributed by atoms with Crippen molar-refractivity contribution in [3.63, 3.8) is 0 Å². The average molecular weight is 243 g/mol. The third-order valence-corrected chi connectivity index (χ3v) is 2.50. The molecular formula is C13H25NO3. The minimum Gasteiger partial charge on any atom is -0.469 e. The van der Waals surface area contributed by atoms with E-state index in [4.69, 9.17) is 0 Å². The molecule has 1 amide bonds. The highest BCUT2D eigenvalue weighted by molar-refractivity contribution is 5.77. The third-order valence-electron chi connectivity index (χ3n) is 2.50. The quantitative estimate of drug-likeness (QED) is 0.643. The van der Waals surface area contributed by atoms with Gasteiger partial charge in [-0.3, -0.25) is 9.59 Å². The molecule has 100 valence electrons. The molecule has 0 fully saturated rings. The van der Waals surface area contributed by atoms with Crippen LogP contribution in [0.15, 0.2) is 0 Å². The molecule has 0 aliphatic carbocycles. The van der Waals surface area contributed by atoms with E-state index in [1.807, 2.05) is 6.92 Å². The highest BCUT2D eigenvalue weighted by Gasteiger charge is 2.21. The molecule has 4 heteroatoms. The number of methoxy groups -OCH3 is 1. The first-order valence-corrected chi connectivity index (χ1v) is 6.27. The van der Waals surface area contributed by atoms with Gasteiger partial charge in [0.1, 0.15) is 0 Å². The van der Waals surface area contributed by atoms with Crippen molar-refractivity contribution in [2.45, 2.75) is 40.5 Å². The summed E-state index contributed by atoms with van der Waals surface area (Å²) in [5.41, 5.74) is 0. The predicted octanol–water partition coefficient (Wildman–Crippen LogP) is 2.08. The smallest absolute Gasteiger partial charge is 0.310 e. The fourth-order valence-electron chi connectivity index (χ4n) is 1.70. The van der Waals surface area contributed by atoms with Crippen LogP contribution in [0.3, 0.4) is 0 Å². The predicted molar refractivity (Wildman–Crippen MR) is 67.5 cm³/mol. The summed E-state index contributed by atoms with van der Waals surface area (Å²) in [4.78, 5) is 25.0. The summed E-state index contributed by atoms with van der Waals surface area (Å²) < 4.78 is 4.68. The number of hydrogen-bond donors (Lipinski definition) is 0. The molecule has 0 radical (unpaired) electrons. The van der Waals surface area contributed by atoms with Gasteiger partial charge in [-0.05, 0) is 12.3 Å². The summed E-state index contributed by atoms with van der Waals surface area (Å²) in [6.07, 6.45) is 1.38. The first kappa shape index (κ1) is 15.9. The van der Waals surface area contributed by atoms with Crippen LogP contribution in [0.1, 0.15) is 40.5 Å². The zero-order valence-corrected chi connectivity index (χ0v) is 11.7. The highest BCUT2D eigenvalue weighted by atomic mass is 16.5. The Labute approximate surface area is 104 Å². The van der Waals surface area contributed by atoms with Crippen molar-refractivity contribution in [1.82, 2.24) is 4.90 Å². The van der Waals surface area contributed by atoms with Gasteiger partial charge in [0.15, 0.2) is 0 Å². The van der Waals surface area contributed by atoms with Gasteiger partial charge in [0.2, 0.25) is 5.91 Å². The van der Waals surface area contributed by atoms with Crippen molar-refractivity contribution in [2.24, 2.45) is 11.8 Å². The van der Waals surface area contributed by atoms with E-state index in [1.54, 1.807) is 11.8 Å². The van der Waals surface area contributed by atoms with Gasteiger partial charge in [-0.1, -0.05) is 27.7 Å². The summed E-state index contributed by atoms with van der Waals surface area (Å²) >= 11 is 0. The van der Waals surface area contributed by atoms with Crippen molar-refractivity contribution < 1.29 is 14.3 Å². The summed E-state index contributed by atoms with van der Waals surface area (Å²) in [5.74, 6) is 0.000201. The fourth-order valence-corrected chi connectivity index (χ4v) is 1.70. The van der Waals surface area contributed by atoms with E-state index in [2.05, 4.69) is 18.6 Å². The maximum absolute atomic E-state index is 11.9. The Morgan fingerprint density at radius 2 is 1.76 bits per heavy atom. The van der Waals surface area contributed by atoms with Crippen LogP contribution in [0.5, 0.6) is 0 Å². The summed E-state index contributed by atoms with van der Waals surface area (Å²) in [6.45, 7) is 9.04. The molecular weight excluding hydrogens is 218 g/mol. The monoisotopic (exact) mass is 243 g/mol. The van der Waals surface area contributed by atoms with Crippen molar-refractivity contribution in [3.05, 3.63) is 0 Å². The Bertz CT molecular complexity index is 251. The van der Waals surface area contributed by atoms with E-state index in [0.717, 1.165) is 6.42 Å². The van der Waals surface area contributed by atoms with Crippen LogP contribution < -0.4 is 0 Å². The lowest BCUT2D eigenvalue weighted by Gasteiger charge is -2.26. The molecule has 1 unspecified atom stereocenters. The number of ether oxygens (including phenoxy) is 1. The van der Waals surface area contributed by atoms with Crippen LogP contribution in [0.25, 0.3) is 0 Å². The molecule has 0 aromatic heterocycles. The largest absolute Gasteiger partial charge is 0.469 e. The molecule has 0 aromatic rings. The van der Waals surface area contributed by atoms with Gasteiger partial charge in [-0.2, -0.15) is 0 Å². The van der Waals surface area contributed by atoms with Gasteiger partial charge in [0, 0.05) is 19.5 Å². The zero-order chi connectivity index (χ0) is 13.4. The maximum atomic E-state index is 11.9. The van der Waals surface area contributed by atoms with Gasteiger partial charge in [0.25, 0.3) is 0 Å². The van der Waals surface area contributed by atoms with Gasteiger partial charge >= 0.3 is 5.97 Å². The van der Waals surface area contributed by atoms with Crippen molar-refractivity contribution in [2.75, 3.05) is 20.2 Å². The third kappa shape index (κ3) is 6.29. The SMILES string of the molecule is CCCC(=O)N(CC(C)C)CC(C)C(=O)OC. The normalized spacial score (nSPS) is 12.4. The van der Waals surface area contributed by atoms with E-state index in [0.29, 0.717) is 25.4 Å². The van der Waals surface area contributed by atoms with Crippen LogP contribution in [0.4, 0.5) is 0 Å². The molecule has 0 aromatic carbocycles. The molecule has 0 saturated carbocycles. The van der Waals surface area contributed by atoms with E-state index >= 15 is 0 Å². The van der Waals surface area contributed by atoms with Gasteiger partial charge in [-0.25, -0.2) is 0 Å². The average Bonchev–Trinajstić information content (AvgIpc) is 2.26. The number of nitrogens with zero attached hydrogens (tertiary/aromatic N) is 1. The van der Waals surface area contributed by atoms with Crippen molar-refractivity contribution in [3.8, 4) is 0 Å². The Balaban J connectivity index is 4.47. The molecule has 0 heterocycles. The van der Waals surface area contributed by atoms with Gasteiger partial charge in [-0.15, -0.1) is 0 Å². The lowest BCUT2D eigenvalue weighted by molar-refractivity contribution is -0.146. The van der Waals surface area contributed by atoms with Crippen LogP contribution >= 0.6 is 0 Å². The molecule has 1 atom stereocenters. The van der Waals surface area contributed by atoms with Gasteiger partial charge in [0.05, 0.1) is 13.0 Å². The number of hydrogen-bond acceptors (Lipinski definition) is 3. The Kier molecular flexibility index (Phi) is 7.59. The minimum absolute atomic E-state index is 0.122. The highest BCUT2D eigenvalue weighted by Crippen LogP contribution is 2.08. The zero-order valence-electron chi connectivity index (χ0n) is 11.7. The molecule has 0 bridgehead atoms. The molecule has 0 spiro atoms. The number of carbonyl (C=O) groups excluding carboxylic acids is 2. The first-order chi connectivity index (χ1) is 7.92. The molecule has 4 nitrogen and oxygen atoms in total. The van der Waals surface area contributed by atoms with E-state index in [9.17, 15) is 9.59 Å². The van der Waals surface area contributed by atoms with Crippen molar-refractivity contribution in [1.29, 1.82) is 0 Å². The second-order valence-corrected chi connectivity index (χ2v) is 4.87. The number of amides is 1. The summed E-state index contributed by atoms with van der Waals surface area (Å²) in [5, 5.41) is 0. The Morgan fingerprint density at radius 3 is 2.18 bits per heavy atom. The second-order valence-electron chi connectivity index (χ2n) is 4.87. The fraction of sp³-hybridized carbons (Fsp3) is 0.846. The number of carbonyl (C=O) groups is 2. The molecule has 0 rings (SSSR count). The second kappa shape index (κ2) is 8.09.